The van der Waals surface area contributed by atoms with E-state index in [1.165, 1.54) is 0 Å². The van der Waals surface area contributed by atoms with Crippen molar-refractivity contribution < 1.29 is 4.42 Å². The zero-order valence-electron chi connectivity index (χ0n) is 12.1. The van der Waals surface area contributed by atoms with Crippen molar-refractivity contribution in [2.24, 2.45) is 0 Å². The SMILES string of the molecule is c1ccc2cc(-c3nccc4oc5cnccc5c34)ncc2c1. The number of hydrogen-bond acceptors (Lipinski definition) is 4. The lowest BCUT2D eigenvalue weighted by molar-refractivity contribution is 0.666. The maximum atomic E-state index is 5.87. The van der Waals surface area contributed by atoms with E-state index in [0.29, 0.717) is 0 Å². The molecule has 0 N–H and O–H groups in total. The summed E-state index contributed by atoms with van der Waals surface area (Å²) in [5, 5.41) is 4.25. The van der Waals surface area contributed by atoms with Crippen molar-refractivity contribution in [2.45, 2.75) is 0 Å². The molecule has 0 atom stereocenters. The third-order valence-electron chi connectivity index (χ3n) is 4.06. The van der Waals surface area contributed by atoms with Crippen LogP contribution in [0.15, 0.2) is 71.7 Å². The summed E-state index contributed by atoms with van der Waals surface area (Å²) < 4.78 is 5.87. The number of pyridine rings is 3. The van der Waals surface area contributed by atoms with Gasteiger partial charge in [-0.3, -0.25) is 15.0 Å². The maximum absolute atomic E-state index is 5.87. The third-order valence-corrected chi connectivity index (χ3v) is 4.06. The molecule has 4 aromatic heterocycles. The average molecular weight is 297 g/mol. The van der Waals surface area contributed by atoms with Gasteiger partial charge < -0.3 is 4.42 Å². The van der Waals surface area contributed by atoms with Crippen LogP contribution in [0.5, 0.6) is 0 Å². The monoisotopic (exact) mass is 297 g/mol. The Labute approximate surface area is 131 Å². The van der Waals surface area contributed by atoms with Crippen LogP contribution in [0.1, 0.15) is 0 Å². The maximum Gasteiger partial charge on any atom is 0.153 e. The molecule has 23 heavy (non-hydrogen) atoms. The Bertz CT molecular complexity index is 1180. The second-order valence-electron chi connectivity index (χ2n) is 5.42. The Kier molecular flexibility index (Phi) is 2.46. The minimum absolute atomic E-state index is 0.762. The van der Waals surface area contributed by atoms with Crippen LogP contribution in [0.4, 0.5) is 0 Å². The van der Waals surface area contributed by atoms with Crippen LogP contribution in [0.3, 0.4) is 0 Å². The highest BCUT2D eigenvalue weighted by molar-refractivity contribution is 6.11. The van der Waals surface area contributed by atoms with Crippen LogP contribution in [-0.2, 0) is 0 Å². The molecule has 4 nitrogen and oxygen atoms in total. The largest absolute Gasteiger partial charge is 0.454 e. The first-order valence-corrected chi connectivity index (χ1v) is 7.36. The molecule has 0 aliphatic carbocycles. The quantitative estimate of drug-likeness (QED) is 0.454. The van der Waals surface area contributed by atoms with Crippen molar-refractivity contribution in [2.75, 3.05) is 0 Å². The van der Waals surface area contributed by atoms with Crippen LogP contribution < -0.4 is 0 Å². The van der Waals surface area contributed by atoms with E-state index in [0.717, 1.165) is 44.1 Å². The molecular weight excluding hydrogens is 286 g/mol. The second-order valence-corrected chi connectivity index (χ2v) is 5.42. The van der Waals surface area contributed by atoms with Crippen molar-refractivity contribution in [3.05, 3.63) is 67.3 Å². The Morgan fingerprint density at radius 3 is 2.65 bits per heavy atom. The van der Waals surface area contributed by atoms with Crippen LogP contribution in [0, 0.1) is 0 Å². The van der Waals surface area contributed by atoms with Crippen molar-refractivity contribution in [3.8, 4) is 11.4 Å². The first-order valence-electron chi connectivity index (χ1n) is 7.36. The Hall–Kier alpha value is -3.27. The summed E-state index contributed by atoms with van der Waals surface area (Å²) in [5.41, 5.74) is 3.23. The van der Waals surface area contributed by atoms with Crippen LogP contribution in [0.2, 0.25) is 0 Å². The molecule has 0 amide bonds. The lowest BCUT2D eigenvalue weighted by Gasteiger charge is -2.04. The smallest absolute Gasteiger partial charge is 0.153 e. The zero-order valence-corrected chi connectivity index (χ0v) is 12.1. The topological polar surface area (TPSA) is 51.8 Å². The fourth-order valence-corrected chi connectivity index (χ4v) is 2.98. The van der Waals surface area contributed by atoms with Gasteiger partial charge in [-0.15, -0.1) is 0 Å². The summed E-state index contributed by atoms with van der Waals surface area (Å²) in [5.74, 6) is 0. The van der Waals surface area contributed by atoms with Gasteiger partial charge in [0.05, 0.1) is 17.3 Å². The van der Waals surface area contributed by atoms with Crippen molar-refractivity contribution in [1.82, 2.24) is 15.0 Å². The highest BCUT2D eigenvalue weighted by Gasteiger charge is 2.14. The first kappa shape index (κ1) is 12.3. The fraction of sp³-hybridized carbons (Fsp3) is 0. The molecule has 0 saturated heterocycles. The average Bonchev–Trinajstić information content (AvgIpc) is 3.00. The minimum Gasteiger partial charge on any atom is -0.454 e. The van der Waals surface area contributed by atoms with Crippen LogP contribution >= 0.6 is 0 Å². The van der Waals surface area contributed by atoms with E-state index in [4.69, 9.17) is 4.42 Å². The van der Waals surface area contributed by atoms with Crippen LogP contribution in [0.25, 0.3) is 44.1 Å². The van der Waals surface area contributed by atoms with E-state index in [-0.39, 0.29) is 0 Å². The number of hydrogen-bond donors (Lipinski definition) is 0. The highest BCUT2D eigenvalue weighted by atomic mass is 16.3. The molecule has 5 rings (SSSR count). The number of rotatable bonds is 1. The highest BCUT2D eigenvalue weighted by Crippen LogP contribution is 2.34. The molecule has 0 radical (unpaired) electrons. The molecule has 4 heterocycles. The number of benzene rings is 1. The van der Waals surface area contributed by atoms with Crippen molar-refractivity contribution in [1.29, 1.82) is 0 Å². The lowest BCUT2D eigenvalue weighted by Crippen LogP contribution is -1.88. The fourth-order valence-electron chi connectivity index (χ4n) is 2.98. The molecule has 5 aromatic rings. The molecule has 108 valence electrons. The summed E-state index contributed by atoms with van der Waals surface area (Å²) in [7, 11) is 0. The molecule has 0 aliphatic heterocycles. The number of furan rings is 1. The Morgan fingerprint density at radius 1 is 0.783 bits per heavy atom. The molecule has 1 aromatic carbocycles. The standard InChI is InChI=1S/C19H11N3O/c1-2-4-13-10-22-15(9-12(13)3-1)19-18-14-5-7-20-11-17(14)23-16(18)6-8-21-19/h1-11H. The summed E-state index contributed by atoms with van der Waals surface area (Å²) >= 11 is 0. The Balaban J connectivity index is 1.87. The Morgan fingerprint density at radius 2 is 1.70 bits per heavy atom. The first-order chi connectivity index (χ1) is 11.4. The van der Waals surface area contributed by atoms with Gasteiger partial charge in [-0.25, -0.2) is 0 Å². The van der Waals surface area contributed by atoms with Gasteiger partial charge in [-0.2, -0.15) is 0 Å². The van der Waals surface area contributed by atoms with Gasteiger partial charge in [-0.1, -0.05) is 24.3 Å². The van der Waals surface area contributed by atoms with E-state index in [1.54, 1.807) is 18.6 Å². The lowest BCUT2D eigenvalue weighted by atomic mass is 10.1. The molecule has 0 spiro atoms. The molecule has 0 saturated carbocycles. The third kappa shape index (κ3) is 1.82. The zero-order chi connectivity index (χ0) is 15.2. The predicted octanol–water partition coefficient (Wildman–Crippen LogP) is 4.59. The van der Waals surface area contributed by atoms with Gasteiger partial charge >= 0.3 is 0 Å². The molecule has 4 heteroatoms. The van der Waals surface area contributed by atoms with Crippen LogP contribution in [-0.4, -0.2) is 15.0 Å². The van der Waals surface area contributed by atoms with Gasteiger partial charge in [0.1, 0.15) is 11.3 Å². The number of nitrogens with zero attached hydrogens (tertiary/aromatic N) is 3. The molecule has 0 unspecified atom stereocenters. The van der Waals surface area contributed by atoms with Gasteiger partial charge in [0.25, 0.3) is 0 Å². The minimum atomic E-state index is 0.762. The molecule has 0 bridgehead atoms. The number of fused-ring (bicyclic) bond motifs is 4. The predicted molar refractivity (Wildman–Crippen MR) is 90.0 cm³/mol. The molecule has 0 aliphatic rings. The van der Waals surface area contributed by atoms with Crippen molar-refractivity contribution in [3.63, 3.8) is 0 Å². The van der Waals surface area contributed by atoms with E-state index in [1.807, 2.05) is 30.5 Å². The number of aromatic nitrogens is 3. The molecule has 0 fully saturated rings. The summed E-state index contributed by atoms with van der Waals surface area (Å²) in [6, 6.07) is 14.1. The van der Waals surface area contributed by atoms with Gasteiger partial charge in [-0.05, 0) is 23.6 Å². The van der Waals surface area contributed by atoms with E-state index in [9.17, 15) is 0 Å². The van der Waals surface area contributed by atoms with Gasteiger partial charge in [0.15, 0.2) is 5.58 Å². The van der Waals surface area contributed by atoms with Crippen molar-refractivity contribution >= 4 is 32.7 Å². The normalized spacial score (nSPS) is 11.5. The van der Waals surface area contributed by atoms with E-state index >= 15 is 0 Å². The van der Waals surface area contributed by atoms with E-state index < -0.39 is 0 Å². The van der Waals surface area contributed by atoms with Gasteiger partial charge in [0, 0.05) is 29.4 Å². The second kappa shape index (κ2) is 4.61. The molecular formula is C19H11N3O. The summed E-state index contributed by atoms with van der Waals surface area (Å²) in [4.78, 5) is 13.3. The summed E-state index contributed by atoms with van der Waals surface area (Å²) in [6.07, 6.45) is 7.13. The van der Waals surface area contributed by atoms with E-state index in [2.05, 4.69) is 33.2 Å². The summed E-state index contributed by atoms with van der Waals surface area (Å²) in [6.45, 7) is 0. The van der Waals surface area contributed by atoms with Gasteiger partial charge in [0.2, 0.25) is 0 Å².